The Bertz CT molecular complexity index is 237. The molecule has 1 rings (SSSR count). The monoisotopic (exact) mass is 182 g/mol. The van der Waals surface area contributed by atoms with Crippen LogP contribution in [-0.2, 0) is 9.47 Å². The van der Waals surface area contributed by atoms with E-state index in [1.165, 1.54) is 0 Å². The molecule has 1 aromatic heterocycles. The van der Waals surface area contributed by atoms with Gasteiger partial charge in [0.05, 0.1) is 6.04 Å². The van der Waals surface area contributed by atoms with Gasteiger partial charge in [-0.25, -0.2) is 0 Å². The molecule has 0 fully saturated rings. The van der Waals surface area contributed by atoms with Crippen LogP contribution < -0.4 is 5.73 Å². The molecular weight excluding hydrogens is 168 g/mol. The van der Waals surface area contributed by atoms with Crippen molar-refractivity contribution in [3.63, 3.8) is 0 Å². The summed E-state index contributed by atoms with van der Waals surface area (Å²) in [6.07, 6.45) is 2.98. The number of methoxy groups -OCH3 is 2. The van der Waals surface area contributed by atoms with E-state index < -0.39 is 6.29 Å². The van der Waals surface area contributed by atoms with E-state index in [-0.39, 0.29) is 6.04 Å². The molecular formula is C9H14N2O2. The average molecular weight is 182 g/mol. The fourth-order valence-corrected chi connectivity index (χ4v) is 1.12. The molecule has 0 spiro atoms. The van der Waals surface area contributed by atoms with Crippen LogP contribution in [0.15, 0.2) is 24.5 Å². The Morgan fingerprint density at radius 1 is 1.38 bits per heavy atom. The Morgan fingerprint density at radius 3 is 2.54 bits per heavy atom. The second-order valence-corrected chi connectivity index (χ2v) is 2.65. The maximum absolute atomic E-state index is 5.87. The number of rotatable bonds is 4. The SMILES string of the molecule is COC(OC)[C@@H](N)c1cccnc1. The molecule has 72 valence electrons. The maximum atomic E-state index is 5.87. The molecule has 0 aliphatic rings. The van der Waals surface area contributed by atoms with E-state index in [1.54, 1.807) is 26.6 Å². The van der Waals surface area contributed by atoms with Gasteiger partial charge in [-0.2, -0.15) is 0 Å². The third-order valence-corrected chi connectivity index (χ3v) is 1.83. The summed E-state index contributed by atoms with van der Waals surface area (Å²) in [6.45, 7) is 0. The summed E-state index contributed by atoms with van der Waals surface area (Å²) in [6, 6.07) is 3.42. The number of ether oxygens (including phenoxy) is 2. The van der Waals surface area contributed by atoms with Crippen LogP contribution in [0.25, 0.3) is 0 Å². The van der Waals surface area contributed by atoms with E-state index >= 15 is 0 Å². The molecule has 0 aliphatic heterocycles. The quantitative estimate of drug-likeness (QED) is 0.696. The van der Waals surface area contributed by atoms with Gasteiger partial charge in [-0.1, -0.05) is 6.07 Å². The van der Waals surface area contributed by atoms with E-state index in [9.17, 15) is 0 Å². The van der Waals surface area contributed by atoms with Crippen molar-refractivity contribution in [1.82, 2.24) is 4.98 Å². The van der Waals surface area contributed by atoms with Gasteiger partial charge >= 0.3 is 0 Å². The zero-order chi connectivity index (χ0) is 9.68. The van der Waals surface area contributed by atoms with Crippen molar-refractivity contribution in [1.29, 1.82) is 0 Å². The number of aromatic nitrogens is 1. The summed E-state index contributed by atoms with van der Waals surface area (Å²) in [5.74, 6) is 0. The lowest BCUT2D eigenvalue weighted by molar-refractivity contribution is -0.117. The van der Waals surface area contributed by atoms with Crippen molar-refractivity contribution in [2.75, 3.05) is 14.2 Å². The highest BCUT2D eigenvalue weighted by atomic mass is 16.7. The van der Waals surface area contributed by atoms with Crippen LogP contribution >= 0.6 is 0 Å². The van der Waals surface area contributed by atoms with Crippen LogP contribution in [0, 0.1) is 0 Å². The Hall–Kier alpha value is -0.970. The lowest BCUT2D eigenvalue weighted by Gasteiger charge is -2.20. The van der Waals surface area contributed by atoms with Gasteiger partial charge in [-0.3, -0.25) is 4.98 Å². The smallest absolute Gasteiger partial charge is 0.176 e. The number of nitrogens with two attached hydrogens (primary N) is 1. The Morgan fingerprint density at radius 2 is 2.08 bits per heavy atom. The molecule has 0 amide bonds. The van der Waals surface area contributed by atoms with Crippen LogP contribution in [0.4, 0.5) is 0 Å². The topological polar surface area (TPSA) is 57.4 Å². The van der Waals surface area contributed by atoms with E-state index in [0.717, 1.165) is 5.56 Å². The molecule has 2 N–H and O–H groups in total. The van der Waals surface area contributed by atoms with Gasteiger partial charge in [0.15, 0.2) is 6.29 Å². The molecule has 4 heteroatoms. The minimum absolute atomic E-state index is 0.302. The van der Waals surface area contributed by atoms with Crippen molar-refractivity contribution in [2.24, 2.45) is 5.73 Å². The summed E-state index contributed by atoms with van der Waals surface area (Å²) in [4.78, 5) is 3.97. The third-order valence-electron chi connectivity index (χ3n) is 1.83. The number of nitrogens with zero attached hydrogens (tertiary/aromatic N) is 1. The third kappa shape index (κ3) is 2.48. The second kappa shape index (κ2) is 4.91. The summed E-state index contributed by atoms with van der Waals surface area (Å²) in [5.41, 5.74) is 6.77. The molecule has 0 bridgehead atoms. The lowest BCUT2D eigenvalue weighted by Crippen LogP contribution is -2.29. The van der Waals surface area contributed by atoms with Gasteiger partial charge in [-0.05, 0) is 11.6 Å². The predicted molar refractivity (Wildman–Crippen MR) is 49.0 cm³/mol. The van der Waals surface area contributed by atoms with E-state index in [2.05, 4.69) is 4.98 Å². The summed E-state index contributed by atoms with van der Waals surface area (Å²) >= 11 is 0. The van der Waals surface area contributed by atoms with Gasteiger partial charge < -0.3 is 15.2 Å². The van der Waals surface area contributed by atoms with Gasteiger partial charge in [0.25, 0.3) is 0 Å². The second-order valence-electron chi connectivity index (χ2n) is 2.65. The van der Waals surface area contributed by atoms with Crippen molar-refractivity contribution < 1.29 is 9.47 Å². The first-order valence-corrected chi connectivity index (χ1v) is 4.00. The molecule has 1 heterocycles. The van der Waals surface area contributed by atoms with E-state index in [0.29, 0.717) is 0 Å². The molecule has 0 saturated heterocycles. The van der Waals surface area contributed by atoms with Crippen molar-refractivity contribution in [3.8, 4) is 0 Å². The van der Waals surface area contributed by atoms with E-state index in [4.69, 9.17) is 15.2 Å². The minimum atomic E-state index is -0.427. The summed E-state index contributed by atoms with van der Waals surface area (Å²) in [5, 5.41) is 0. The Labute approximate surface area is 77.7 Å². The van der Waals surface area contributed by atoms with Crippen LogP contribution in [0.5, 0.6) is 0 Å². The summed E-state index contributed by atoms with van der Waals surface area (Å²) in [7, 11) is 3.12. The molecule has 1 atom stereocenters. The van der Waals surface area contributed by atoms with Crippen LogP contribution in [-0.4, -0.2) is 25.5 Å². The normalized spacial score (nSPS) is 13.2. The first-order chi connectivity index (χ1) is 6.29. The van der Waals surface area contributed by atoms with Gasteiger partial charge in [-0.15, -0.1) is 0 Å². The Balaban J connectivity index is 2.72. The van der Waals surface area contributed by atoms with Crippen molar-refractivity contribution >= 4 is 0 Å². The number of hydrogen-bond donors (Lipinski definition) is 1. The standard InChI is InChI=1S/C9H14N2O2/c1-12-9(13-2)8(10)7-4-3-5-11-6-7/h3-6,8-9H,10H2,1-2H3/t8-/m0/s1. The maximum Gasteiger partial charge on any atom is 0.176 e. The van der Waals surface area contributed by atoms with Crippen LogP contribution in [0.2, 0.25) is 0 Å². The number of hydrogen-bond acceptors (Lipinski definition) is 4. The molecule has 0 unspecified atom stereocenters. The summed E-state index contributed by atoms with van der Waals surface area (Å²) < 4.78 is 10.1. The number of pyridine rings is 1. The first kappa shape index (κ1) is 10.1. The Kier molecular flexibility index (Phi) is 3.82. The van der Waals surface area contributed by atoms with Crippen LogP contribution in [0.3, 0.4) is 0 Å². The zero-order valence-electron chi connectivity index (χ0n) is 7.81. The first-order valence-electron chi connectivity index (χ1n) is 4.00. The molecule has 4 nitrogen and oxygen atoms in total. The minimum Gasteiger partial charge on any atom is -0.354 e. The van der Waals surface area contributed by atoms with Gasteiger partial charge in [0, 0.05) is 26.6 Å². The fraction of sp³-hybridized carbons (Fsp3) is 0.444. The molecule has 0 aliphatic carbocycles. The van der Waals surface area contributed by atoms with Crippen molar-refractivity contribution in [3.05, 3.63) is 30.1 Å². The molecule has 13 heavy (non-hydrogen) atoms. The molecule has 0 aromatic carbocycles. The van der Waals surface area contributed by atoms with Gasteiger partial charge in [0.2, 0.25) is 0 Å². The molecule has 1 aromatic rings. The fourth-order valence-electron chi connectivity index (χ4n) is 1.12. The zero-order valence-corrected chi connectivity index (χ0v) is 7.81. The molecule has 0 saturated carbocycles. The molecule has 0 radical (unpaired) electrons. The lowest BCUT2D eigenvalue weighted by atomic mass is 10.1. The highest BCUT2D eigenvalue weighted by molar-refractivity contribution is 5.13. The van der Waals surface area contributed by atoms with Crippen molar-refractivity contribution in [2.45, 2.75) is 12.3 Å². The predicted octanol–water partition coefficient (Wildman–Crippen LogP) is 0.700. The van der Waals surface area contributed by atoms with Crippen LogP contribution in [0.1, 0.15) is 11.6 Å². The van der Waals surface area contributed by atoms with Gasteiger partial charge in [0.1, 0.15) is 0 Å². The van der Waals surface area contributed by atoms with E-state index in [1.807, 2.05) is 12.1 Å². The largest absolute Gasteiger partial charge is 0.354 e. The highest BCUT2D eigenvalue weighted by Gasteiger charge is 2.17. The average Bonchev–Trinajstić information content (AvgIpc) is 2.21. The highest BCUT2D eigenvalue weighted by Crippen LogP contribution is 2.14.